The number of piperidine rings is 1. The van der Waals surface area contributed by atoms with Crippen molar-refractivity contribution < 1.29 is 14.5 Å². The summed E-state index contributed by atoms with van der Waals surface area (Å²) in [5, 5.41) is 10.7. The van der Waals surface area contributed by atoms with Gasteiger partial charge in [-0.2, -0.15) is 0 Å². The topological polar surface area (TPSA) is 80.5 Å². The standard InChI is InChI=1S/C19H18N2O4/c22-18(16-6-8-17(9-7-16)21(24)25)19(23)20-12-10-15(11-13-20)14-4-2-1-3-5-14/h1-9,15H,10-13H2. The van der Waals surface area contributed by atoms with Crippen LogP contribution in [0.2, 0.25) is 0 Å². The van der Waals surface area contributed by atoms with Gasteiger partial charge in [-0.15, -0.1) is 0 Å². The third kappa shape index (κ3) is 3.74. The summed E-state index contributed by atoms with van der Waals surface area (Å²) in [6, 6.07) is 15.3. The van der Waals surface area contributed by atoms with E-state index in [0.29, 0.717) is 19.0 Å². The Hall–Kier alpha value is -3.02. The lowest BCUT2D eigenvalue weighted by molar-refractivity contribution is -0.384. The van der Waals surface area contributed by atoms with Crippen molar-refractivity contribution in [3.05, 3.63) is 75.8 Å². The van der Waals surface area contributed by atoms with E-state index in [1.165, 1.54) is 29.8 Å². The summed E-state index contributed by atoms with van der Waals surface area (Å²) in [5.41, 5.74) is 1.34. The molecule has 1 aliphatic rings. The summed E-state index contributed by atoms with van der Waals surface area (Å²) in [6.45, 7) is 1.08. The molecular formula is C19H18N2O4. The molecule has 0 radical (unpaired) electrons. The first-order valence-electron chi connectivity index (χ1n) is 8.19. The molecule has 1 saturated heterocycles. The van der Waals surface area contributed by atoms with Crippen LogP contribution in [0.1, 0.15) is 34.7 Å². The maximum Gasteiger partial charge on any atom is 0.294 e. The third-order valence-electron chi connectivity index (χ3n) is 4.59. The van der Waals surface area contributed by atoms with Gasteiger partial charge in [-0.05, 0) is 36.5 Å². The Kier molecular flexibility index (Phi) is 4.88. The smallest absolute Gasteiger partial charge is 0.294 e. The average molecular weight is 338 g/mol. The fourth-order valence-corrected chi connectivity index (χ4v) is 3.14. The molecule has 0 spiro atoms. The predicted octanol–water partition coefficient (Wildman–Crippen LogP) is 3.18. The second-order valence-electron chi connectivity index (χ2n) is 6.11. The minimum absolute atomic E-state index is 0.104. The highest BCUT2D eigenvalue weighted by Gasteiger charge is 2.28. The minimum Gasteiger partial charge on any atom is -0.336 e. The zero-order valence-electron chi connectivity index (χ0n) is 13.6. The van der Waals surface area contributed by atoms with Crippen LogP contribution in [0.15, 0.2) is 54.6 Å². The van der Waals surface area contributed by atoms with Gasteiger partial charge in [0.2, 0.25) is 5.78 Å². The number of carbonyl (C=O) groups is 2. The van der Waals surface area contributed by atoms with E-state index in [-0.39, 0.29) is 11.3 Å². The number of hydrogen-bond donors (Lipinski definition) is 0. The Balaban J connectivity index is 1.62. The third-order valence-corrected chi connectivity index (χ3v) is 4.59. The quantitative estimate of drug-likeness (QED) is 0.371. The van der Waals surface area contributed by atoms with Gasteiger partial charge >= 0.3 is 0 Å². The van der Waals surface area contributed by atoms with Crippen LogP contribution in [-0.4, -0.2) is 34.6 Å². The first-order chi connectivity index (χ1) is 12.1. The molecule has 1 amide bonds. The van der Waals surface area contributed by atoms with Crippen molar-refractivity contribution in [1.82, 2.24) is 4.90 Å². The van der Waals surface area contributed by atoms with E-state index in [1.54, 1.807) is 4.90 Å². The molecule has 0 atom stereocenters. The molecule has 25 heavy (non-hydrogen) atoms. The summed E-state index contributed by atoms with van der Waals surface area (Å²) in [7, 11) is 0. The lowest BCUT2D eigenvalue weighted by atomic mass is 9.89. The van der Waals surface area contributed by atoms with Gasteiger partial charge in [0.25, 0.3) is 11.6 Å². The van der Waals surface area contributed by atoms with Gasteiger partial charge in [0, 0.05) is 30.8 Å². The number of nitro groups is 1. The first kappa shape index (κ1) is 16.8. The zero-order valence-corrected chi connectivity index (χ0v) is 13.6. The molecule has 2 aromatic rings. The number of non-ortho nitro benzene ring substituents is 1. The molecule has 1 heterocycles. The molecule has 1 fully saturated rings. The van der Waals surface area contributed by atoms with E-state index in [9.17, 15) is 19.7 Å². The van der Waals surface area contributed by atoms with Crippen molar-refractivity contribution in [2.24, 2.45) is 0 Å². The number of Topliss-reactive ketones (excluding diaryl/α,β-unsaturated/α-hetero) is 1. The normalized spacial score (nSPS) is 15.0. The van der Waals surface area contributed by atoms with E-state index >= 15 is 0 Å². The molecule has 6 nitrogen and oxygen atoms in total. The van der Waals surface area contributed by atoms with Crippen LogP contribution < -0.4 is 0 Å². The second kappa shape index (κ2) is 7.25. The van der Waals surface area contributed by atoms with Crippen LogP contribution in [-0.2, 0) is 4.79 Å². The van der Waals surface area contributed by atoms with Gasteiger partial charge in [0.1, 0.15) is 0 Å². The van der Waals surface area contributed by atoms with Crippen molar-refractivity contribution in [3.8, 4) is 0 Å². The zero-order chi connectivity index (χ0) is 17.8. The molecule has 0 unspecified atom stereocenters. The Morgan fingerprint density at radius 3 is 2.12 bits per heavy atom. The summed E-state index contributed by atoms with van der Waals surface area (Å²) >= 11 is 0. The molecule has 0 N–H and O–H groups in total. The van der Waals surface area contributed by atoms with E-state index in [2.05, 4.69) is 12.1 Å². The van der Waals surface area contributed by atoms with E-state index in [0.717, 1.165) is 12.8 Å². The Morgan fingerprint density at radius 1 is 0.960 bits per heavy atom. The van der Waals surface area contributed by atoms with Crippen LogP contribution >= 0.6 is 0 Å². The number of nitro benzene ring substituents is 1. The molecule has 0 aliphatic carbocycles. The number of nitrogens with zero attached hydrogens (tertiary/aromatic N) is 2. The van der Waals surface area contributed by atoms with Gasteiger partial charge in [-0.3, -0.25) is 19.7 Å². The van der Waals surface area contributed by atoms with E-state index in [4.69, 9.17) is 0 Å². The molecule has 2 aromatic carbocycles. The molecule has 128 valence electrons. The lowest BCUT2D eigenvalue weighted by Gasteiger charge is -2.31. The maximum absolute atomic E-state index is 12.4. The van der Waals surface area contributed by atoms with Crippen molar-refractivity contribution in [2.45, 2.75) is 18.8 Å². The van der Waals surface area contributed by atoms with Crippen molar-refractivity contribution in [3.63, 3.8) is 0 Å². The van der Waals surface area contributed by atoms with Crippen LogP contribution in [0.5, 0.6) is 0 Å². The molecule has 3 rings (SSSR count). The SMILES string of the molecule is O=C(C(=O)N1CCC(c2ccccc2)CC1)c1ccc([N+](=O)[O-])cc1. The Morgan fingerprint density at radius 2 is 1.56 bits per heavy atom. The lowest BCUT2D eigenvalue weighted by Crippen LogP contribution is -2.41. The number of benzene rings is 2. The Bertz CT molecular complexity index is 779. The van der Waals surface area contributed by atoms with Gasteiger partial charge < -0.3 is 4.90 Å². The van der Waals surface area contributed by atoms with E-state index in [1.807, 2.05) is 18.2 Å². The summed E-state index contributed by atoms with van der Waals surface area (Å²) < 4.78 is 0. The minimum atomic E-state index is -0.618. The number of rotatable bonds is 4. The van der Waals surface area contributed by atoms with Crippen LogP contribution in [0.25, 0.3) is 0 Å². The number of hydrogen-bond acceptors (Lipinski definition) is 4. The summed E-state index contributed by atoms with van der Waals surface area (Å²) in [6.07, 6.45) is 1.65. The van der Waals surface area contributed by atoms with Gasteiger partial charge in [-0.1, -0.05) is 30.3 Å². The predicted molar refractivity (Wildman–Crippen MR) is 92.4 cm³/mol. The number of ketones is 1. The number of carbonyl (C=O) groups excluding carboxylic acids is 2. The van der Waals surface area contributed by atoms with Gasteiger partial charge in [-0.25, -0.2) is 0 Å². The van der Waals surface area contributed by atoms with Crippen LogP contribution in [0.4, 0.5) is 5.69 Å². The van der Waals surface area contributed by atoms with Crippen LogP contribution in [0.3, 0.4) is 0 Å². The largest absolute Gasteiger partial charge is 0.336 e. The molecule has 0 bridgehead atoms. The highest BCUT2D eigenvalue weighted by Crippen LogP contribution is 2.28. The summed E-state index contributed by atoms with van der Waals surface area (Å²) in [4.78, 5) is 36.4. The monoisotopic (exact) mass is 338 g/mol. The fraction of sp³-hybridized carbons (Fsp3) is 0.263. The fourth-order valence-electron chi connectivity index (χ4n) is 3.14. The maximum atomic E-state index is 12.4. The van der Waals surface area contributed by atoms with Gasteiger partial charge in [0.05, 0.1) is 4.92 Å². The molecule has 1 aliphatic heterocycles. The second-order valence-corrected chi connectivity index (χ2v) is 6.11. The number of amides is 1. The summed E-state index contributed by atoms with van der Waals surface area (Å²) in [5.74, 6) is -0.756. The van der Waals surface area contributed by atoms with E-state index < -0.39 is 16.6 Å². The molecule has 0 aromatic heterocycles. The molecule has 6 heteroatoms. The first-order valence-corrected chi connectivity index (χ1v) is 8.19. The average Bonchev–Trinajstić information content (AvgIpc) is 2.67. The van der Waals surface area contributed by atoms with Crippen molar-refractivity contribution in [2.75, 3.05) is 13.1 Å². The number of likely N-dealkylation sites (tertiary alicyclic amines) is 1. The van der Waals surface area contributed by atoms with Gasteiger partial charge in [0.15, 0.2) is 0 Å². The highest BCUT2D eigenvalue weighted by molar-refractivity contribution is 6.42. The highest BCUT2D eigenvalue weighted by atomic mass is 16.6. The van der Waals surface area contributed by atoms with Crippen LogP contribution in [0, 0.1) is 10.1 Å². The van der Waals surface area contributed by atoms with Crippen molar-refractivity contribution in [1.29, 1.82) is 0 Å². The molecule has 0 saturated carbocycles. The van der Waals surface area contributed by atoms with Crippen molar-refractivity contribution >= 4 is 17.4 Å². The molecular weight excluding hydrogens is 320 g/mol. The Labute approximate surface area is 145 Å².